The molecular formula is C13H25NO3. The summed E-state index contributed by atoms with van der Waals surface area (Å²) in [7, 11) is 1.54. The highest BCUT2D eigenvalue weighted by molar-refractivity contribution is 5.76. The van der Waals surface area contributed by atoms with Crippen molar-refractivity contribution < 1.29 is 14.6 Å². The molecule has 0 aliphatic heterocycles. The summed E-state index contributed by atoms with van der Waals surface area (Å²) in [5.74, 6) is 1.33. The predicted molar refractivity (Wildman–Crippen MR) is 66.6 cm³/mol. The third-order valence-electron chi connectivity index (χ3n) is 3.41. The average molecular weight is 243 g/mol. The number of aliphatic hydroxyl groups excluding tert-OH is 1. The zero-order valence-electron chi connectivity index (χ0n) is 10.9. The lowest BCUT2D eigenvalue weighted by atomic mass is 9.81. The molecule has 0 aromatic heterocycles. The third kappa shape index (κ3) is 6.03. The summed E-state index contributed by atoms with van der Waals surface area (Å²) >= 11 is 0. The number of hydrogen-bond acceptors (Lipinski definition) is 3. The van der Waals surface area contributed by atoms with Gasteiger partial charge in [-0.05, 0) is 24.7 Å². The van der Waals surface area contributed by atoms with Crippen molar-refractivity contribution in [1.82, 2.24) is 5.32 Å². The lowest BCUT2D eigenvalue weighted by Gasteiger charge is -2.26. The maximum Gasteiger partial charge on any atom is 0.220 e. The van der Waals surface area contributed by atoms with Crippen molar-refractivity contribution >= 4 is 5.91 Å². The first kappa shape index (κ1) is 14.5. The SMILES string of the molecule is COCC(O)CNC(=O)CC1CCCC(C)C1. The molecule has 1 saturated carbocycles. The minimum absolute atomic E-state index is 0.0549. The van der Waals surface area contributed by atoms with Gasteiger partial charge in [0.25, 0.3) is 0 Å². The Bertz CT molecular complexity index is 233. The Labute approximate surface area is 104 Å². The fourth-order valence-corrected chi connectivity index (χ4v) is 2.56. The van der Waals surface area contributed by atoms with E-state index in [4.69, 9.17) is 4.74 Å². The molecule has 4 heteroatoms. The molecule has 1 fully saturated rings. The summed E-state index contributed by atoms with van der Waals surface area (Å²) in [5.41, 5.74) is 0. The van der Waals surface area contributed by atoms with Crippen LogP contribution in [0.4, 0.5) is 0 Å². The molecule has 3 unspecified atom stereocenters. The number of amides is 1. The van der Waals surface area contributed by atoms with Crippen LogP contribution >= 0.6 is 0 Å². The number of hydrogen-bond donors (Lipinski definition) is 2. The first-order valence-electron chi connectivity index (χ1n) is 6.55. The molecule has 3 atom stereocenters. The van der Waals surface area contributed by atoms with Gasteiger partial charge in [-0.3, -0.25) is 4.79 Å². The van der Waals surface area contributed by atoms with E-state index in [0.29, 0.717) is 12.3 Å². The summed E-state index contributed by atoms with van der Waals surface area (Å²) in [6.45, 7) is 2.81. The second-order valence-corrected chi connectivity index (χ2v) is 5.26. The Balaban J connectivity index is 2.15. The zero-order valence-corrected chi connectivity index (χ0v) is 10.9. The maximum atomic E-state index is 11.7. The first-order valence-corrected chi connectivity index (χ1v) is 6.55. The number of aliphatic hydroxyl groups is 1. The van der Waals surface area contributed by atoms with Gasteiger partial charge in [-0.1, -0.05) is 19.8 Å². The predicted octanol–water partition coefficient (Wildman–Crippen LogP) is 1.33. The molecule has 4 nitrogen and oxygen atoms in total. The summed E-state index contributed by atoms with van der Waals surface area (Å²) in [6, 6.07) is 0. The Morgan fingerprint density at radius 2 is 2.29 bits per heavy atom. The van der Waals surface area contributed by atoms with Crippen LogP contribution in [0.15, 0.2) is 0 Å². The van der Waals surface area contributed by atoms with Crippen LogP contribution in [0.2, 0.25) is 0 Å². The van der Waals surface area contributed by atoms with Crippen molar-refractivity contribution in [2.24, 2.45) is 11.8 Å². The van der Waals surface area contributed by atoms with Gasteiger partial charge in [0.05, 0.1) is 12.7 Å². The molecule has 1 amide bonds. The van der Waals surface area contributed by atoms with Crippen LogP contribution in [0.3, 0.4) is 0 Å². The molecule has 1 aliphatic rings. The molecule has 0 aromatic rings. The number of carbonyl (C=O) groups excluding carboxylic acids is 1. The van der Waals surface area contributed by atoms with Crippen LogP contribution in [-0.4, -0.2) is 37.4 Å². The monoisotopic (exact) mass is 243 g/mol. The van der Waals surface area contributed by atoms with Crippen LogP contribution in [-0.2, 0) is 9.53 Å². The quantitative estimate of drug-likeness (QED) is 0.740. The summed E-state index contributed by atoms with van der Waals surface area (Å²) < 4.78 is 4.80. The fraction of sp³-hybridized carbons (Fsp3) is 0.923. The van der Waals surface area contributed by atoms with E-state index in [1.807, 2.05) is 0 Å². The molecule has 0 spiro atoms. The normalized spacial score (nSPS) is 26.5. The van der Waals surface area contributed by atoms with Gasteiger partial charge in [-0.25, -0.2) is 0 Å². The van der Waals surface area contributed by atoms with Gasteiger partial charge in [0, 0.05) is 20.1 Å². The highest BCUT2D eigenvalue weighted by atomic mass is 16.5. The third-order valence-corrected chi connectivity index (χ3v) is 3.41. The number of carbonyl (C=O) groups is 1. The largest absolute Gasteiger partial charge is 0.389 e. The Hall–Kier alpha value is -0.610. The van der Waals surface area contributed by atoms with Crippen molar-refractivity contribution in [2.75, 3.05) is 20.3 Å². The van der Waals surface area contributed by atoms with Crippen LogP contribution in [0.1, 0.15) is 39.0 Å². The smallest absolute Gasteiger partial charge is 0.220 e. The van der Waals surface area contributed by atoms with E-state index in [9.17, 15) is 9.90 Å². The average Bonchev–Trinajstić information content (AvgIpc) is 2.27. The molecule has 0 bridgehead atoms. The van der Waals surface area contributed by atoms with Gasteiger partial charge in [0.1, 0.15) is 0 Å². The van der Waals surface area contributed by atoms with Gasteiger partial charge in [-0.2, -0.15) is 0 Å². The van der Waals surface area contributed by atoms with Gasteiger partial charge in [-0.15, -0.1) is 0 Å². The van der Waals surface area contributed by atoms with Gasteiger partial charge in [0.15, 0.2) is 0 Å². The maximum absolute atomic E-state index is 11.7. The minimum atomic E-state index is -0.603. The lowest BCUT2D eigenvalue weighted by molar-refractivity contribution is -0.123. The number of ether oxygens (including phenoxy) is 1. The van der Waals surface area contributed by atoms with Crippen molar-refractivity contribution in [1.29, 1.82) is 0 Å². The van der Waals surface area contributed by atoms with Crippen molar-refractivity contribution in [2.45, 2.75) is 45.1 Å². The van der Waals surface area contributed by atoms with E-state index in [1.54, 1.807) is 0 Å². The Kier molecular flexibility index (Phi) is 6.52. The summed E-state index contributed by atoms with van der Waals surface area (Å²) in [5, 5.41) is 12.2. The first-order chi connectivity index (χ1) is 8.11. The molecule has 1 rings (SSSR count). The molecule has 1 aliphatic carbocycles. The van der Waals surface area contributed by atoms with Crippen LogP contribution in [0, 0.1) is 11.8 Å². The number of rotatable bonds is 6. The fourth-order valence-electron chi connectivity index (χ4n) is 2.56. The Morgan fingerprint density at radius 3 is 2.94 bits per heavy atom. The second-order valence-electron chi connectivity index (χ2n) is 5.26. The van der Waals surface area contributed by atoms with Crippen molar-refractivity contribution in [3.8, 4) is 0 Å². The molecule has 17 heavy (non-hydrogen) atoms. The van der Waals surface area contributed by atoms with Crippen LogP contribution in [0.25, 0.3) is 0 Å². The molecule has 0 heterocycles. The van der Waals surface area contributed by atoms with Gasteiger partial charge in [0.2, 0.25) is 5.91 Å². The van der Waals surface area contributed by atoms with Crippen LogP contribution in [0.5, 0.6) is 0 Å². The zero-order chi connectivity index (χ0) is 12.7. The minimum Gasteiger partial charge on any atom is -0.389 e. The van der Waals surface area contributed by atoms with Crippen molar-refractivity contribution in [3.63, 3.8) is 0 Å². The second kappa shape index (κ2) is 7.67. The number of methoxy groups -OCH3 is 1. The lowest BCUT2D eigenvalue weighted by Crippen LogP contribution is -2.35. The Morgan fingerprint density at radius 1 is 1.53 bits per heavy atom. The topological polar surface area (TPSA) is 58.6 Å². The van der Waals surface area contributed by atoms with Gasteiger partial charge >= 0.3 is 0 Å². The van der Waals surface area contributed by atoms with Crippen molar-refractivity contribution in [3.05, 3.63) is 0 Å². The molecular weight excluding hydrogens is 218 g/mol. The number of nitrogens with one attached hydrogen (secondary N) is 1. The van der Waals surface area contributed by atoms with E-state index in [1.165, 1.54) is 26.4 Å². The molecule has 0 radical (unpaired) electrons. The van der Waals surface area contributed by atoms with Gasteiger partial charge < -0.3 is 15.2 Å². The summed E-state index contributed by atoms with van der Waals surface area (Å²) in [6.07, 6.45) is 4.86. The van der Waals surface area contributed by atoms with E-state index in [0.717, 1.165) is 12.3 Å². The molecule has 0 aromatic carbocycles. The molecule has 0 saturated heterocycles. The standard InChI is InChI=1S/C13H25NO3/c1-10-4-3-5-11(6-10)7-13(16)14-8-12(15)9-17-2/h10-12,15H,3-9H2,1-2H3,(H,14,16). The summed E-state index contributed by atoms with van der Waals surface area (Å²) in [4.78, 5) is 11.7. The van der Waals surface area contributed by atoms with E-state index in [-0.39, 0.29) is 19.1 Å². The highest BCUT2D eigenvalue weighted by Gasteiger charge is 2.21. The highest BCUT2D eigenvalue weighted by Crippen LogP contribution is 2.30. The molecule has 2 N–H and O–H groups in total. The van der Waals surface area contributed by atoms with E-state index < -0.39 is 6.10 Å². The van der Waals surface area contributed by atoms with E-state index >= 15 is 0 Å². The van der Waals surface area contributed by atoms with E-state index in [2.05, 4.69) is 12.2 Å². The van der Waals surface area contributed by atoms with Crippen LogP contribution < -0.4 is 5.32 Å². The molecule has 100 valence electrons.